The van der Waals surface area contributed by atoms with Crippen molar-refractivity contribution in [2.24, 2.45) is 5.92 Å². The van der Waals surface area contributed by atoms with Crippen LogP contribution in [0.15, 0.2) is 18.5 Å². The number of carbonyl (C=O) groups is 1. The van der Waals surface area contributed by atoms with Crippen LogP contribution in [0.4, 0.5) is 10.7 Å². The number of anilines is 1. The fourth-order valence-corrected chi connectivity index (χ4v) is 3.40. The van der Waals surface area contributed by atoms with Gasteiger partial charge < -0.3 is 15.1 Å². The summed E-state index contributed by atoms with van der Waals surface area (Å²) in [7, 11) is 0. The van der Waals surface area contributed by atoms with Crippen LogP contribution >= 0.6 is 0 Å². The van der Waals surface area contributed by atoms with Crippen LogP contribution < -0.4 is 10.2 Å². The highest BCUT2D eigenvalue weighted by Crippen LogP contribution is 2.23. The summed E-state index contributed by atoms with van der Waals surface area (Å²) in [4.78, 5) is 25.0. The Morgan fingerprint density at radius 1 is 1.18 bits per heavy atom. The van der Waals surface area contributed by atoms with Crippen LogP contribution in [0.2, 0.25) is 0 Å². The first-order valence-corrected chi connectivity index (χ1v) is 8.30. The van der Waals surface area contributed by atoms with Crippen molar-refractivity contribution in [3.05, 3.63) is 18.5 Å². The molecule has 1 aromatic heterocycles. The molecule has 0 radical (unpaired) electrons. The van der Waals surface area contributed by atoms with Crippen LogP contribution in [-0.2, 0) is 0 Å². The molecule has 1 saturated carbocycles. The van der Waals surface area contributed by atoms with E-state index in [4.69, 9.17) is 0 Å². The summed E-state index contributed by atoms with van der Waals surface area (Å²) in [6, 6.07) is 2.26. The monoisotopic (exact) mass is 303 g/mol. The van der Waals surface area contributed by atoms with E-state index in [1.54, 1.807) is 12.4 Å². The van der Waals surface area contributed by atoms with Crippen molar-refractivity contribution in [1.82, 2.24) is 20.2 Å². The van der Waals surface area contributed by atoms with Crippen LogP contribution in [0.5, 0.6) is 0 Å². The largest absolute Gasteiger partial charge is 0.337 e. The Labute approximate surface area is 131 Å². The average Bonchev–Trinajstić information content (AvgIpc) is 2.56. The first-order chi connectivity index (χ1) is 10.7. The van der Waals surface area contributed by atoms with Gasteiger partial charge in [-0.3, -0.25) is 0 Å². The molecule has 3 rings (SSSR count). The number of amides is 2. The van der Waals surface area contributed by atoms with E-state index in [0.717, 1.165) is 50.9 Å². The molecule has 2 atom stereocenters. The van der Waals surface area contributed by atoms with Crippen molar-refractivity contribution in [3.63, 3.8) is 0 Å². The summed E-state index contributed by atoms with van der Waals surface area (Å²) >= 11 is 0. The van der Waals surface area contributed by atoms with Crippen LogP contribution in [0, 0.1) is 5.92 Å². The Hall–Kier alpha value is -1.85. The molecule has 2 aliphatic rings. The molecule has 1 aromatic rings. The number of nitrogens with zero attached hydrogens (tertiary/aromatic N) is 4. The zero-order valence-corrected chi connectivity index (χ0v) is 13.2. The van der Waals surface area contributed by atoms with Gasteiger partial charge >= 0.3 is 6.03 Å². The minimum atomic E-state index is 0.0905. The maximum Gasteiger partial charge on any atom is 0.317 e. The van der Waals surface area contributed by atoms with E-state index < -0.39 is 0 Å². The fourth-order valence-electron chi connectivity index (χ4n) is 3.40. The van der Waals surface area contributed by atoms with Gasteiger partial charge in [0.05, 0.1) is 0 Å². The number of hydrogen-bond acceptors (Lipinski definition) is 4. The molecule has 6 nitrogen and oxygen atoms in total. The molecule has 120 valence electrons. The number of hydrogen-bond donors (Lipinski definition) is 1. The van der Waals surface area contributed by atoms with Crippen molar-refractivity contribution >= 4 is 12.0 Å². The van der Waals surface area contributed by atoms with E-state index in [1.807, 2.05) is 11.0 Å². The molecule has 0 aromatic carbocycles. The molecule has 2 amide bonds. The number of nitrogens with one attached hydrogen (secondary N) is 1. The predicted molar refractivity (Wildman–Crippen MR) is 85.8 cm³/mol. The van der Waals surface area contributed by atoms with E-state index in [0.29, 0.717) is 6.04 Å². The first kappa shape index (κ1) is 15.1. The van der Waals surface area contributed by atoms with E-state index in [-0.39, 0.29) is 6.03 Å². The Bertz CT molecular complexity index is 487. The quantitative estimate of drug-likeness (QED) is 0.906. The molecule has 6 heteroatoms. The summed E-state index contributed by atoms with van der Waals surface area (Å²) in [6.07, 6.45) is 8.27. The van der Waals surface area contributed by atoms with E-state index >= 15 is 0 Å². The van der Waals surface area contributed by atoms with Gasteiger partial charge in [0.2, 0.25) is 5.95 Å². The van der Waals surface area contributed by atoms with E-state index in [2.05, 4.69) is 27.1 Å². The highest BCUT2D eigenvalue weighted by Gasteiger charge is 2.26. The molecule has 0 spiro atoms. The Balaban J connectivity index is 1.47. The van der Waals surface area contributed by atoms with Crippen molar-refractivity contribution < 1.29 is 4.79 Å². The lowest BCUT2D eigenvalue weighted by Crippen LogP contribution is -2.54. The molecule has 1 aliphatic heterocycles. The van der Waals surface area contributed by atoms with Gasteiger partial charge in [-0.25, -0.2) is 14.8 Å². The van der Waals surface area contributed by atoms with Gasteiger partial charge in [-0.05, 0) is 24.8 Å². The molecular formula is C16H25N5O. The van der Waals surface area contributed by atoms with Gasteiger partial charge in [0, 0.05) is 44.6 Å². The van der Waals surface area contributed by atoms with Gasteiger partial charge in [-0.15, -0.1) is 0 Å². The maximum absolute atomic E-state index is 12.4. The van der Waals surface area contributed by atoms with Crippen LogP contribution in [-0.4, -0.2) is 53.1 Å². The molecule has 0 bridgehead atoms. The van der Waals surface area contributed by atoms with Crippen LogP contribution in [0.25, 0.3) is 0 Å². The molecular weight excluding hydrogens is 278 g/mol. The Morgan fingerprint density at radius 2 is 1.91 bits per heavy atom. The molecule has 1 aliphatic carbocycles. The molecule has 1 N–H and O–H groups in total. The molecule has 2 fully saturated rings. The number of carbonyl (C=O) groups excluding carboxylic acids is 1. The summed E-state index contributed by atoms with van der Waals surface area (Å²) in [5, 5.41) is 3.21. The van der Waals surface area contributed by atoms with Crippen LogP contribution in [0.1, 0.15) is 32.6 Å². The lowest BCUT2D eigenvalue weighted by molar-refractivity contribution is 0.183. The third-order valence-electron chi connectivity index (χ3n) is 4.67. The minimum absolute atomic E-state index is 0.0905. The van der Waals surface area contributed by atoms with Gasteiger partial charge in [-0.2, -0.15) is 0 Å². The van der Waals surface area contributed by atoms with E-state index in [1.165, 1.54) is 12.8 Å². The normalized spacial score (nSPS) is 25.9. The van der Waals surface area contributed by atoms with Crippen molar-refractivity contribution in [2.75, 3.05) is 31.1 Å². The second kappa shape index (κ2) is 6.94. The lowest BCUT2D eigenvalue weighted by atomic mass is 9.87. The first-order valence-electron chi connectivity index (χ1n) is 8.30. The zero-order valence-electron chi connectivity index (χ0n) is 13.2. The zero-order chi connectivity index (χ0) is 15.4. The highest BCUT2D eigenvalue weighted by atomic mass is 16.2. The average molecular weight is 303 g/mol. The smallest absolute Gasteiger partial charge is 0.317 e. The van der Waals surface area contributed by atoms with Gasteiger partial charge in [0.1, 0.15) is 0 Å². The molecule has 1 saturated heterocycles. The molecule has 2 heterocycles. The third-order valence-corrected chi connectivity index (χ3v) is 4.67. The maximum atomic E-state index is 12.4. The molecule has 22 heavy (non-hydrogen) atoms. The summed E-state index contributed by atoms with van der Waals surface area (Å²) in [5.74, 6) is 1.48. The van der Waals surface area contributed by atoms with Crippen molar-refractivity contribution in [1.29, 1.82) is 0 Å². The summed E-state index contributed by atoms with van der Waals surface area (Å²) < 4.78 is 0. The standard InChI is InChI=1S/C16H25N5O/c1-13-4-2-5-14(12-13)19-16(22)21-10-8-20(9-11-21)15-17-6-3-7-18-15/h3,6-7,13-14H,2,4-5,8-12H2,1H3,(H,19,22). The number of rotatable bonds is 2. The predicted octanol–water partition coefficient (Wildman–Crippen LogP) is 1.89. The van der Waals surface area contributed by atoms with Gasteiger partial charge in [0.15, 0.2) is 0 Å². The van der Waals surface area contributed by atoms with Crippen molar-refractivity contribution in [3.8, 4) is 0 Å². The van der Waals surface area contributed by atoms with Gasteiger partial charge in [0.25, 0.3) is 0 Å². The number of urea groups is 1. The summed E-state index contributed by atoms with van der Waals surface area (Å²) in [6.45, 7) is 5.31. The van der Waals surface area contributed by atoms with E-state index in [9.17, 15) is 4.79 Å². The number of piperazine rings is 1. The highest BCUT2D eigenvalue weighted by molar-refractivity contribution is 5.74. The minimum Gasteiger partial charge on any atom is -0.337 e. The molecule has 2 unspecified atom stereocenters. The van der Waals surface area contributed by atoms with Gasteiger partial charge in [-0.1, -0.05) is 19.8 Å². The third kappa shape index (κ3) is 3.67. The Morgan fingerprint density at radius 3 is 2.59 bits per heavy atom. The second-order valence-electron chi connectivity index (χ2n) is 6.44. The Kier molecular flexibility index (Phi) is 4.75. The topological polar surface area (TPSA) is 61.4 Å². The van der Waals surface area contributed by atoms with Crippen LogP contribution in [0.3, 0.4) is 0 Å². The summed E-state index contributed by atoms with van der Waals surface area (Å²) in [5.41, 5.74) is 0. The lowest BCUT2D eigenvalue weighted by Gasteiger charge is -2.36. The second-order valence-corrected chi connectivity index (χ2v) is 6.44. The number of aromatic nitrogens is 2. The fraction of sp³-hybridized carbons (Fsp3) is 0.688. The SMILES string of the molecule is CC1CCCC(NC(=O)N2CCN(c3ncccn3)CC2)C1. The van der Waals surface area contributed by atoms with Crippen molar-refractivity contribution in [2.45, 2.75) is 38.6 Å².